The first-order chi connectivity index (χ1) is 15.1. The van der Waals surface area contributed by atoms with Crippen LogP contribution in [0.2, 0.25) is 0 Å². The molecule has 0 spiro atoms. The van der Waals surface area contributed by atoms with Crippen LogP contribution in [0.4, 0.5) is 0 Å². The maximum absolute atomic E-state index is 12.7. The van der Waals surface area contributed by atoms with Crippen LogP contribution in [0.3, 0.4) is 0 Å². The van der Waals surface area contributed by atoms with E-state index in [-0.39, 0.29) is 41.6 Å². The molecule has 2 aliphatic heterocycles. The second kappa shape index (κ2) is 10.4. The van der Waals surface area contributed by atoms with Gasteiger partial charge in [-0.15, -0.1) is 0 Å². The van der Waals surface area contributed by atoms with Gasteiger partial charge in [0.15, 0.2) is 0 Å². The molecule has 176 valence electrons. The number of carbonyl (C=O) groups is 3. The smallest absolute Gasteiger partial charge is 0.225 e. The minimum atomic E-state index is -0.282. The lowest BCUT2D eigenvalue weighted by Crippen LogP contribution is -2.48. The number of hydrogen-bond acceptors (Lipinski definition) is 4. The first kappa shape index (κ1) is 24.1. The summed E-state index contributed by atoms with van der Waals surface area (Å²) < 4.78 is 5.70. The van der Waals surface area contributed by atoms with Crippen molar-refractivity contribution in [3.8, 4) is 5.75 Å². The zero-order chi connectivity index (χ0) is 23.3. The minimum absolute atomic E-state index is 0.0388. The predicted molar refractivity (Wildman–Crippen MR) is 123 cm³/mol. The van der Waals surface area contributed by atoms with E-state index in [0.29, 0.717) is 39.1 Å². The molecular formula is C25H37N3O4. The summed E-state index contributed by atoms with van der Waals surface area (Å²) in [7, 11) is 0. The summed E-state index contributed by atoms with van der Waals surface area (Å²) in [6.07, 6.45) is 2.94. The molecule has 0 aromatic heterocycles. The number of likely N-dealkylation sites (tertiary alicyclic amines) is 2. The fraction of sp³-hybridized carbons (Fsp3) is 0.640. The molecule has 1 N–H and O–H groups in total. The maximum Gasteiger partial charge on any atom is 0.225 e. The van der Waals surface area contributed by atoms with Crippen LogP contribution in [0, 0.1) is 12.8 Å². The van der Waals surface area contributed by atoms with Crippen molar-refractivity contribution in [2.75, 3.05) is 26.2 Å². The lowest BCUT2D eigenvalue weighted by molar-refractivity contribution is -0.133. The van der Waals surface area contributed by atoms with Gasteiger partial charge in [-0.2, -0.15) is 0 Å². The Morgan fingerprint density at radius 1 is 1.12 bits per heavy atom. The quantitative estimate of drug-likeness (QED) is 0.657. The van der Waals surface area contributed by atoms with Gasteiger partial charge in [0.2, 0.25) is 17.7 Å². The summed E-state index contributed by atoms with van der Waals surface area (Å²) in [6.45, 7) is 10.3. The molecule has 2 saturated heterocycles. The molecule has 1 unspecified atom stereocenters. The lowest BCUT2D eigenvalue weighted by atomic mass is 10.0. The van der Waals surface area contributed by atoms with Crippen molar-refractivity contribution in [1.29, 1.82) is 0 Å². The Morgan fingerprint density at radius 3 is 2.38 bits per heavy atom. The highest BCUT2D eigenvalue weighted by Gasteiger charge is 2.40. The van der Waals surface area contributed by atoms with E-state index in [4.69, 9.17) is 4.74 Å². The molecule has 2 heterocycles. The van der Waals surface area contributed by atoms with Gasteiger partial charge >= 0.3 is 0 Å². The van der Waals surface area contributed by atoms with Crippen molar-refractivity contribution in [3.63, 3.8) is 0 Å². The number of hydrogen-bond donors (Lipinski definition) is 1. The zero-order valence-corrected chi connectivity index (χ0v) is 19.9. The molecule has 3 rings (SSSR count). The third-order valence-electron chi connectivity index (χ3n) is 6.32. The third-order valence-corrected chi connectivity index (χ3v) is 6.32. The van der Waals surface area contributed by atoms with Gasteiger partial charge in [-0.1, -0.05) is 17.7 Å². The largest absolute Gasteiger partial charge is 0.494 e. The Kier molecular flexibility index (Phi) is 7.80. The molecular weight excluding hydrogens is 406 g/mol. The van der Waals surface area contributed by atoms with Gasteiger partial charge in [-0.25, -0.2) is 0 Å². The third kappa shape index (κ3) is 6.47. The average molecular weight is 444 g/mol. The highest BCUT2D eigenvalue weighted by molar-refractivity contribution is 5.89. The van der Waals surface area contributed by atoms with Gasteiger partial charge in [-0.05, 0) is 59.1 Å². The van der Waals surface area contributed by atoms with Gasteiger partial charge in [0.25, 0.3) is 0 Å². The number of piperidine rings is 1. The predicted octanol–water partition coefficient (Wildman–Crippen LogP) is 2.91. The molecule has 3 amide bonds. The summed E-state index contributed by atoms with van der Waals surface area (Å²) >= 11 is 0. The summed E-state index contributed by atoms with van der Waals surface area (Å²) in [5, 5.41) is 3.11. The molecule has 0 aliphatic carbocycles. The highest BCUT2D eigenvalue weighted by atomic mass is 16.5. The van der Waals surface area contributed by atoms with Crippen LogP contribution in [0.25, 0.3) is 0 Å². The SMILES string of the molecule is Cc1ccc(OCCCC(=O)N2CCC(NC(=O)C3CC(=O)N(C(C)(C)C)C3)CC2)cc1. The minimum Gasteiger partial charge on any atom is -0.494 e. The van der Waals surface area contributed by atoms with Gasteiger partial charge in [-0.3, -0.25) is 14.4 Å². The summed E-state index contributed by atoms with van der Waals surface area (Å²) in [5.74, 6) is 0.696. The van der Waals surface area contributed by atoms with Gasteiger partial charge in [0.1, 0.15) is 5.75 Å². The number of nitrogens with zero attached hydrogens (tertiary/aromatic N) is 2. The Bertz CT molecular complexity index is 807. The Hall–Kier alpha value is -2.57. The second-order valence-electron chi connectivity index (χ2n) is 10.0. The van der Waals surface area contributed by atoms with Crippen LogP contribution in [0.5, 0.6) is 5.75 Å². The van der Waals surface area contributed by atoms with E-state index in [1.807, 2.05) is 56.9 Å². The number of nitrogens with one attached hydrogen (secondary N) is 1. The molecule has 7 nitrogen and oxygen atoms in total. The van der Waals surface area contributed by atoms with E-state index >= 15 is 0 Å². The van der Waals surface area contributed by atoms with Crippen LogP contribution >= 0.6 is 0 Å². The molecule has 7 heteroatoms. The van der Waals surface area contributed by atoms with Crippen molar-refractivity contribution < 1.29 is 19.1 Å². The summed E-state index contributed by atoms with van der Waals surface area (Å²) in [4.78, 5) is 41.1. The van der Waals surface area contributed by atoms with Crippen LogP contribution < -0.4 is 10.1 Å². The second-order valence-corrected chi connectivity index (χ2v) is 10.0. The van der Waals surface area contributed by atoms with Gasteiger partial charge in [0.05, 0.1) is 12.5 Å². The van der Waals surface area contributed by atoms with Gasteiger partial charge < -0.3 is 19.9 Å². The fourth-order valence-electron chi connectivity index (χ4n) is 4.33. The highest BCUT2D eigenvalue weighted by Crippen LogP contribution is 2.26. The van der Waals surface area contributed by atoms with E-state index in [1.54, 1.807) is 4.90 Å². The molecule has 32 heavy (non-hydrogen) atoms. The molecule has 0 saturated carbocycles. The number of amides is 3. The van der Waals surface area contributed by atoms with E-state index in [2.05, 4.69) is 5.32 Å². The standard InChI is InChI=1S/C25H37N3O4/c1-18-7-9-21(10-8-18)32-15-5-6-22(29)27-13-11-20(12-14-27)26-24(31)19-16-23(30)28(17-19)25(2,3)4/h7-10,19-20H,5-6,11-17H2,1-4H3,(H,26,31). The molecule has 1 aromatic rings. The molecule has 1 atom stereocenters. The molecule has 0 radical (unpaired) electrons. The molecule has 1 aromatic carbocycles. The Morgan fingerprint density at radius 2 is 1.78 bits per heavy atom. The first-order valence-electron chi connectivity index (χ1n) is 11.7. The Labute approximate surface area is 191 Å². The van der Waals surface area contributed by atoms with Gasteiger partial charge in [0, 0.05) is 44.1 Å². The van der Waals surface area contributed by atoms with Crippen molar-refractivity contribution in [2.45, 2.75) is 71.4 Å². The van der Waals surface area contributed by atoms with E-state index in [1.165, 1.54) is 5.56 Å². The zero-order valence-electron chi connectivity index (χ0n) is 19.9. The monoisotopic (exact) mass is 443 g/mol. The molecule has 2 fully saturated rings. The Balaban J connectivity index is 1.34. The fourth-order valence-corrected chi connectivity index (χ4v) is 4.33. The number of aryl methyl sites for hydroxylation is 1. The average Bonchev–Trinajstić information content (AvgIpc) is 3.15. The van der Waals surface area contributed by atoms with E-state index < -0.39 is 0 Å². The summed E-state index contributed by atoms with van der Waals surface area (Å²) in [6, 6.07) is 7.97. The maximum atomic E-state index is 12.7. The number of carbonyl (C=O) groups excluding carboxylic acids is 3. The topological polar surface area (TPSA) is 79.0 Å². The number of rotatable bonds is 7. The van der Waals surface area contributed by atoms with Crippen molar-refractivity contribution in [2.24, 2.45) is 5.92 Å². The first-order valence-corrected chi connectivity index (χ1v) is 11.7. The van der Waals surface area contributed by atoms with Crippen molar-refractivity contribution in [1.82, 2.24) is 15.1 Å². The normalized spacial score (nSPS) is 19.9. The van der Waals surface area contributed by atoms with E-state index in [9.17, 15) is 14.4 Å². The summed E-state index contributed by atoms with van der Waals surface area (Å²) in [5.41, 5.74) is 0.930. The number of ether oxygens (including phenoxy) is 1. The molecule has 2 aliphatic rings. The van der Waals surface area contributed by atoms with Crippen LogP contribution in [0.15, 0.2) is 24.3 Å². The van der Waals surface area contributed by atoms with Crippen LogP contribution in [-0.4, -0.2) is 65.3 Å². The lowest BCUT2D eigenvalue weighted by Gasteiger charge is -2.33. The number of benzene rings is 1. The van der Waals surface area contributed by atoms with E-state index in [0.717, 1.165) is 18.6 Å². The van der Waals surface area contributed by atoms with Crippen LogP contribution in [0.1, 0.15) is 58.4 Å². The van der Waals surface area contributed by atoms with Crippen molar-refractivity contribution in [3.05, 3.63) is 29.8 Å². The van der Waals surface area contributed by atoms with Crippen molar-refractivity contribution >= 4 is 17.7 Å². The molecule has 0 bridgehead atoms. The van der Waals surface area contributed by atoms with Crippen LogP contribution in [-0.2, 0) is 14.4 Å².